The van der Waals surface area contributed by atoms with Crippen LogP contribution in [0.3, 0.4) is 0 Å². The van der Waals surface area contributed by atoms with Gasteiger partial charge in [-0.15, -0.1) is 5.10 Å². The van der Waals surface area contributed by atoms with E-state index in [4.69, 9.17) is 11.6 Å². The third-order valence-corrected chi connectivity index (χ3v) is 7.32. The molecular weight excluding hydrogens is 548 g/mol. The standard InChI is InChI=1S/C28H23ClN8O4/c29-19-7-9-22(37-16-31-33-34-37)23(13-19)35-10-11-36(28(41)27(35)40)24(12-17-4-2-1-3-5-17)26(39)32-20-8-6-18-15-30-25(38)21(18)14-20/h1-9,13-14,16,24H,10-12,15H2,(H,30,38)(H,32,39)/t24-/m0/s1. The molecule has 0 aliphatic carbocycles. The van der Waals surface area contributed by atoms with Crippen LogP contribution in [0.15, 0.2) is 73.1 Å². The zero-order valence-corrected chi connectivity index (χ0v) is 22.3. The van der Waals surface area contributed by atoms with Crippen LogP contribution in [-0.2, 0) is 27.3 Å². The number of amides is 4. The van der Waals surface area contributed by atoms with Crippen LogP contribution in [0.2, 0.25) is 5.02 Å². The van der Waals surface area contributed by atoms with Crippen molar-refractivity contribution in [2.45, 2.75) is 19.0 Å². The topological polar surface area (TPSA) is 142 Å². The summed E-state index contributed by atoms with van der Waals surface area (Å²) in [6.45, 7) is 0.628. The Morgan fingerprint density at radius 1 is 0.976 bits per heavy atom. The second-order valence-electron chi connectivity index (χ2n) is 9.59. The number of hydrogen-bond acceptors (Lipinski definition) is 7. The maximum atomic E-state index is 13.7. The van der Waals surface area contributed by atoms with E-state index in [2.05, 4.69) is 26.2 Å². The minimum Gasteiger partial charge on any atom is -0.348 e. The second-order valence-corrected chi connectivity index (χ2v) is 10.0. The predicted octanol–water partition coefficient (Wildman–Crippen LogP) is 1.98. The largest absolute Gasteiger partial charge is 0.348 e. The lowest BCUT2D eigenvalue weighted by molar-refractivity contribution is -0.149. The van der Waals surface area contributed by atoms with Crippen LogP contribution in [0.25, 0.3) is 5.69 Å². The van der Waals surface area contributed by atoms with Gasteiger partial charge in [0.15, 0.2) is 0 Å². The molecule has 0 bridgehead atoms. The highest BCUT2D eigenvalue weighted by Gasteiger charge is 2.40. The highest BCUT2D eigenvalue weighted by Crippen LogP contribution is 2.30. The maximum absolute atomic E-state index is 13.7. The molecule has 0 unspecified atom stereocenters. The summed E-state index contributed by atoms with van der Waals surface area (Å²) in [6.07, 6.45) is 1.56. The van der Waals surface area contributed by atoms with Crippen molar-refractivity contribution < 1.29 is 19.2 Å². The van der Waals surface area contributed by atoms with Gasteiger partial charge in [-0.05, 0) is 51.9 Å². The van der Waals surface area contributed by atoms with E-state index in [0.29, 0.717) is 34.2 Å². The fourth-order valence-corrected chi connectivity index (χ4v) is 5.22. The van der Waals surface area contributed by atoms with Crippen LogP contribution in [0, 0.1) is 0 Å². The smallest absolute Gasteiger partial charge is 0.316 e. The Morgan fingerprint density at radius 2 is 1.80 bits per heavy atom. The average molecular weight is 571 g/mol. The summed E-state index contributed by atoms with van der Waals surface area (Å²) in [5.74, 6) is -2.33. The number of rotatable bonds is 7. The third-order valence-electron chi connectivity index (χ3n) is 7.09. The van der Waals surface area contributed by atoms with Crippen LogP contribution in [0.5, 0.6) is 0 Å². The molecule has 4 aromatic rings. The predicted molar refractivity (Wildman–Crippen MR) is 148 cm³/mol. The Hall–Kier alpha value is -5.10. The molecule has 4 amide bonds. The molecule has 0 saturated carbocycles. The Labute approximate surface area is 238 Å². The molecular formula is C28H23ClN8O4. The number of nitrogens with one attached hydrogen (secondary N) is 2. The molecule has 1 atom stereocenters. The highest BCUT2D eigenvalue weighted by molar-refractivity contribution is 6.41. The normalized spacial score (nSPS) is 15.5. The first-order chi connectivity index (χ1) is 19.9. The molecule has 1 saturated heterocycles. The number of anilines is 2. The lowest BCUT2D eigenvalue weighted by Crippen LogP contribution is -2.60. The van der Waals surface area contributed by atoms with E-state index in [-0.39, 0.29) is 25.4 Å². The van der Waals surface area contributed by atoms with Crippen LogP contribution < -0.4 is 15.5 Å². The number of carbonyl (C=O) groups excluding carboxylic acids is 4. The summed E-state index contributed by atoms with van der Waals surface area (Å²) >= 11 is 6.24. The van der Waals surface area contributed by atoms with Crippen molar-refractivity contribution in [1.29, 1.82) is 0 Å². The van der Waals surface area contributed by atoms with Crippen molar-refractivity contribution in [3.63, 3.8) is 0 Å². The summed E-state index contributed by atoms with van der Waals surface area (Å²) in [4.78, 5) is 55.6. The van der Waals surface area contributed by atoms with Gasteiger partial charge in [0.2, 0.25) is 5.91 Å². The van der Waals surface area contributed by atoms with Gasteiger partial charge in [0, 0.05) is 42.3 Å². The minimum atomic E-state index is -0.989. The molecule has 13 heteroatoms. The van der Waals surface area contributed by atoms with Crippen molar-refractivity contribution in [1.82, 2.24) is 30.4 Å². The quantitative estimate of drug-likeness (QED) is 0.323. The van der Waals surface area contributed by atoms with Gasteiger partial charge in [-0.1, -0.05) is 48.0 Å². The number of benzene rings is 3. The van der Waals surface area contributed by atoms with Crippen molar-refractivity contribution >= 4 is 46.6 Å². The first kappa shape index (κ1) is 26.1. The van der Waals surface area contributed by atoms with Crippen molar-refractivity contribution in [2.24, 2.45) is 0 Å². The number of hydrogen-bond donors (Lipinski definition) is 2. The zero-order valence-electron chi connectivity index (χ0n) is 21.5. The Bertz CT molecular complexity index is 1660. The van der Waals surface area contributed by atoms with Crippen molar-refractivity contribution in [3.05, 3.63) is 94.8 Å². The van der Waals surface area contributed by atoms with Crippen LogP contribution in [0.4, 0.5) is 11.4 Å². The molecule has 12 nitrogen and oxygen atoms in total. The summed E-state index contributed by atoms with van der Waals surface area (Å²) in [5, 5.41) is 17.1. The fraction of sp³-hybridized carbons (Fsp3) is 0.179. The summed E-state index contributed by atoms with van der Waals surface area (Å²) < 4.78 is 1.37. The Kier molecular flexibility index (Phi) is 6.89. The molecule has 41 heavy (non-hydrogen) atoms. The van der Waals surface area contributed by atoms with Gasteiger partial charge in [-0.2, -0.15) is 4.68 Å². The molecule has 2 N–H and O–H groups in total. The summed E-state index contributed by atoms with van der Waals surface area (Å²) in [5.41, 5.74) is 3.40. The van der Waals surface area contributed by atoms with E-state index in [9.17, 15) is 19.2 Å². The monoisotopic (exact) mass is 570 g/mol. The van der Waals surface area contributed by atoms with Crippen LogP contribution in [-0.4, -0.2) is 67.9 Å². The molecule has 0 spiro atoms. The minimum absolute atomic E-state index is 0.0870. The number of piperazine rings is 1. The van der Waals surface area contributed by atoms with E-state index in [1.54, 1.807) is 36.4 Å². The molecule has 2 aliphatic rings. The number of halogens is 1. The van der Waals surface area contributed by atoms with E-state index >= 15 is 0 Å². The molecule has 3 heterocycles. The number of nitrogens with zero attached hydrogens (tertiary/aromatic N) is 6. The van der Waals surface area contributed by atoms with Crippen LogP contribution in [0.1, 0.15) is 21.5 Å². The molecule has 0 radical (unpaired) electrons. The maximum Gasteiger partial charge on any atom is 0.316 e. The number of carbonyl (C=O) groups is 4. The fourth-order valence-electron chi connectivity index (χ4n) is 5.05. The van der Waals surface area contributed by atoms with Crippen molar-refractivity contribution in [2.75, 3.05) is 23.3 Å². The zero-order chi connectivity index (χ0) is 28.5. The molecule has 1 fully saturated rings. The van der Waals surface area contributed by atoms with Crippen molar-refractivity contribution in [3.8, 4) is 5.69 Å². The number of tetrazole rings is 1. The van der Waals surface area contributed by atoms with Gasteiger partial charge in [-0.3, -0.25) is 19.2 Å². The van der Waals surface area contributed by atoms with E-state index in [1.807, 2.05) is 30.3 Å². The van der Waals surface area contributed by atoms with E-state index in [1.165, 1.54) is 20.8 Å². The van der Waals surface area contributed by atoms with Crippen LogP contribution >= 0.6 is 11.6 Å². The van der Waals surface area contributed by atoms with E-state index in [0.717, 1.165) is 11.1 Å². The number of aromatic nitrogens is 4. The van der Waals surface area contributed by atoms with Gasteiger partial charge >= 0.3 is 11.8 Å². The van der Waals surface area contributed by atoms with Gasteiger partial charge in [0.25, 0.3) is 5.91 Å². The lowest BCUT2D eigenvalue weighted by atomic mass is 10.0. The summed E-state index contributed by atoms with van der Waals surface area (Å²) in [6, 6.07) is 18.2. The average Bonchev–Trinajstić information content (AvgIpc) is 3.64. The molecule has 1 aromatic heterocycles. The molecule has 6 rings (SSSR count). The molecule has 2 aliphatic heterocycles. The molecule has 206 valence electrons. The van der Waals surface area contributed by atoms with Gasteiger partial charge in [0.05, 0.1) is 11.4 Å². The third kappa shape index (κ3) is 5.12. The second kappa shape index (κ2) is 10.8. The summed E-state index contributed by atoms with van der Waals surface area (Å²) in [7, 11) is 0. The lowest BCUT2D eigenvalue weighted by Gasteiger charge is -2.38. The van der Waals surface area contributed by atoms with Gasteiger partial charge in [0.1, 0.15) is 12.4 Å². The highest BCUT2D eigenvalue weighted by atomic mass is 35.5. The first-order valence-corrected chi connectivity index (χ1v) is 13.2. The Morgan fingerprint density at radius 3 is 2.59 bits per heavy atom. The Balaban J connectivity index is 1.28. The van der Waals surface area contributed by atoms with E-state index < -0.39 is 23.8 Å². The number of fused-ring (bicyclic) bond motifs is 1. The van der Waals surface area contributed by atoms with Gasteiger partial charge in [-0.25, -0.2) is 0 Å². The SMILES string of the molecule is O=C1NCc2ccc(NC(=O)[C@H](Cc3ccccc3)N3CCN(c4cc(Cl)ccc4-n4cnnn4)C(=O)C3=O)cc21. The first-order valence-electron chi connectivity index (χ1n) is 12.8. The molecule has 3 aromatic carbocycles. The van der Waals surface area contributed by atoms with Gasteiger partial charge < -0.3 is 20.4 Å².